The largest absolute Gasteiger partial charge is 0.356 e. The summed E-state index contributed by atoms with van der Waals surface area (Å²) in [6.45, 7) is 6.60. The van der Waals surface area contributed by atoms with E-state index in [9.17, 15) is 4.79 Å². The Morgan fingerprint density at radius 3 is 3.00 bits per heavy atom. The second kappa shape index (κ2) is 6.36. The minimum atomic E-state index is 0.211. The summed E-state index contributed by atoms with van der Waals surface area (Å²) in [6, 6.07) is 0.971. The predicted molar refractivity (Wildman–Crippen MR) is 68.9 cm³/mol. The smallest absolute Gasteiger partial charge is 0.221 e. The van der Waals surface area contributed by atoms with Gasteiger partial charge in [0.25, 0.3) is 0 Å². The van der Waals surface area contributed by atoms with Crippen LogP contribution in [0.1, 0.15) is 39.0 Å². The Kier molecular flexibility index (Phi) is 4.80. The van der Waals surface area contributed by atoms with Crippen molar-refractivity contribution in [3.63, 3.8) is 0 Å². The number of amides is 1. The standard InChI is InChI=1S/C13H25N3O/c1-2-16-8-4-6-12(10-16)15-11-5-3-7-14-13(17)9-11/h11-12,15H,2-10H2,1H3,(H,14,17). The van der Waals surface area contributed by atoms with Crippen molar-refractivity contribution in [3.05, 3.63) is 0 Å². The lowest BCUT2D eigenvalue weighted by molar-refractivity contribution is -0.121. The van der Waals surface area contributed by atoms with E-state index in [1.54, 1.807) is 0 Å². The zero-order chi connectivity index (χ0) is 12.1. The van der Waals surface area contributed by atoms with Crippen LogP contribution in [0.25, 0.3) is 0 Å². The molecule has 2 heterocycles. The van der Waals surface area contributed by atoms with Gasteiger partial charge >= 0.3 is 0 Å². The van der Waals surface area contributed by atoms with Gasteiger partial charge in [0.05, 0.1) is 0 Å². The van der Waals surface area contributed by atoms with Gasteiger partial charge in [-0.3, -0.25) is 4.79 Å². The van der Waals surface area contributed by atoms with Crippen LogP contribution in [0.15, 0.2) is 0 Å². The fourth-order valence-corrected chi connectivity index (χ4v) is 2.93. The second-order valence-electron chi connectivity index (χ2n) is 5.29. The Balaban J connectivity index is 1.80. The van der Waals surface area contributed by atoms with Crippen LogP contribution in [-0.2, 0) is 4.79 Å². The fourth-order valence-electron chi connectivity index (χ4n) is 2.93. The minimum Gasteiger partial charge on any atom is -0.356 e. The number of carbonyl (C=O) groups excluding carboxylic acids is 1. The van der Waals surface area contributed by atoms with Crippen molar-refractivity contribution < 1.29 is 4.79 Å². The average molecular weight is 239 g/mol. The zero-order valence-electron chi connectivity index (χ0n) is 10.9. The lowest BCUT2D eigenvalue weighted by Gasteiger charge is -2.34. The molecule has 2 atom stereocenters. The van der Waals surface area contributed by atoms with Crippen LogP contribution in [-0.4, -0.2) is 49.1 Å². The van der Waals surface area contributed by atoms with Gasteiger partial charge in [0.2, 0.25) is 5.91 Å². The number of hydrogen-bond donors (Lipinski definition) is 2. The molecule has 0 aromatic carbocycles. The van der Waals surface area contributed by atoms with Gasteiger partial charge in [-0.2, -0.15) is 0 Å². The molecule has 2 unspecified atom stereocenters. The number of nitrogens with zero attached hydrogens (tertiary/aromatic N) is 1. The molecule has 0 bridgehead atoms. The first kappa shape index (κ1) is 12.8. The molecule has 17 heavy (non-hydrogen) atoms. The molecule has 0 saturated carbocycles. The quantitative estimate of drug-likeness (QED) is 0.763. The summed E-state index contributed by atoms with van der Waals surface area (Å²) in [5.41, 5.74) is 0. The van der Waals surface area contributed by atoms with Crippen molar-refractivity contribution in [1.82, 2.24) is 15.5 Å². The summed E-state index contributed by atoms with van der Waals surface area (Å²) >= 11 is 0. The molecule has 0 aliphatic carbocycles. The van der Waals surface area contributed by atoms with E-state index in [4.69, 9.17) is 0 Å². The number of likely N-dealkylation sites (tertiary alicyclic amines) is 1. The number of likely N-dealkylation sites (N-methyl/N-ethyl adjacent to an activating group) is 1. The molecular formula is C13H25N3O. The van der Waals surface area contributed by atoms with Crippen LogP contribution in [0.3, 0.4) is 0 Å². The summed E-state index contributed by atoms with van der Waals surface area (Å²) in [5, 5.41) is 6.63. The highest BCUT2D eigenvalue weighted by atomic mass is 16.1. The Bertz CT molecular complexity index is 257. The second-order valence-corrected chi connectivity index (χ2v) is 5.29. The third-order valence-electron chi connectivity index (χ3n) is 3.91. The molecule has 2 aliphatic heterocycles. The van der Waals surface area contributed by atoms with Gasteiger partial charge in [0.15, 0.2) is 0 Å². The Hall–Kier alpha value is -0.610. The van der Waals surface area contributed by atoms with Crippen molar-refractivity contribution in [3.8, 4) is 0 Å². The van der Waals surface area contributed by atoms with Gasteiger partial charge in [-0.05, 0) is 38.8 Å². The van der Waals surface area contributed by atoms with Crippen LogP contribution in [0.4, 0.5) is 0 Å². The third-order valence-corrected chi connectivity index (χ3v) is 3.91. The molecule has 2 saturated heterocycles. The van der Waals surface area contributed by atoms with Crippen LogP contribution < -0.4 is 10.6 Å². The SMILES string of the molecule is CCN1CCCC(NC2CCCNC(=O)C2)C1. The lowest BCUT2D eigenvalue weighted by Crippen LogP contribution is -2.49. The molecule has 98 valence electrons. The maximum absolute atomic E-state index is 11.5. The third kappa shape index (κ3) is 3.96. The minimum absolute atomic E-state index is 0.211. The van der Waals surface area contributed by atoms with Crippen molar-refractivity contribution in [2.45, 2.75) is 51.1 Å². The molecule has 2 rings (SSSR count). The number of rotatable bonds is 3. The molecule has 4 nitrogen and oxygen atoms in total. The zero-order valence-corrected chi connectivity index (χ0v) is 10.9. The topological polar surface area (TPSA) is 44.4 Å². The first-order valence-corrected chi connectivity index (χ1v) is 7.03. The summed E-state index contributed by atoms with van der Waals surface area (Å²) < 4.78 is 0. The van der Waals surface area contributed by atoms with Crippen molar-refractivity contribution >= 4 is 5.91 Å². The molecule has 0 aromatic rings. The highest BCUT2D eigenvalue weighted by Crippen LogP contribution is 2.13. The first-order valence-electron chi connectivity index (χ1n) is 7.03. The molecule has 1 amide bonds. The van der Waals surface area contributed by atoms with Gasteiger partial charge in [-0.15, -0.1) is 0 Å². The molecular weight excluding hydrogens is 214 g/mol. The summed E-state index contributed by atoms with van der Waals surface area (Å²) in [4.78, 5) is 14.0. The van der Waals surface area contributed by atoms with E-state index in [2.05, 4.69) is 22.5 Å². The highest BCUT2D eigenvalue weighted by Gasteiger charge is 2.23. The summed E-state index contributed by atoms with van der Waals surface area (Å²) in [5.74, 6) is 0.211. The van der Waals surface area contributed by atoms with Crippen LogP contribution in [0.2, 0.25) is 0 Å². The van der Waals surface area contributed by atoms with Crippen molar-refractivity contribution in [1.29, 1.82) is 0 Å². The van der Waals surface area contributed by atoms with Crippen LogP contribution in [0, 0.1) is 0 Å². The maximum Gasteiger partial charge on any atom is 0.221 e. The Morgan fingerprint density at radius 1 is 1.35 bits per heavy atom. The fraction of sp³-hybridized carbons (Fsp3) is 0.923. The van der Waals surface area contributed by atoms with Crippen molar-refractivity contribution in [2.24, 2.45) is 0 Å². The van der Waals surface area contributed by atoms with Gasteiger partial charge in [0, 0.05) is 31.6 Å². The van der Waals surface area contributed by atoms with Gasteiger partial charge < -0.3 is 15.5 Å². The molecule has 0 aromatic heterocycles. The summed E-state index contributed by atoms with van der Waals surface area (Å²) in [6.07, 6.45) is 5.43. The number of nitrogens with one attached hydrogen (secondary N) is 2. The Morgan fingerprint density at radius 2 is 2.18 bits per heavy atom. The van der Waals surface area contributed by atoms with Crippen LogP contribution >= 0.6 is 0 Å². The van der Waals surface area contributed by atoms with Gasteiger partial charge in [0.1, 0.15) is 0 Å². The predicted octanol–water partition coefficient (Wildman–Crippen LogP) is 0.729. The van der Waals surface area contributed by atoms with Crippen LogP contribution in [0.5, 0.6) is 0 Å². The Labute approximate surface area is 104 Å². The average Bonchev–Trinajstić information content (AvgIpc) is 2.54. The lowest BCUT2D eigenvalue weighted by atomic mass is 10.0. The molecule has 0 spiro atoms. The van der Waals surface area contributed by atoms with Crippen molar-refractivity contribution in [2.75, 3.05) is 26.2 Å². The monoisotopic (exact) mass is 239 g/mol. The molecule has 2 fully saturated rings. The highest BCUT2D eigenvalue weighted by molar-refractivity contribution is 5.76. The number of hydrogen-bond acceptors (Lipinski definition) is 3. The van der Waals surface area contributed by atoms with E-state index >= 15 is 0 Å². The van der Waals surface area contributed by atoms with E-state index in [1.165, 1.54) is 19.4 Å². The van der Waals surface area contributed by atoms with E-state index in [0.717, 1.165) is 32.5 Å². The summed E-state index contributed by atoms with van der Waals surface area (Å²) in [7, 11) is 0. The molecule has 2 aliphatic rings. The van der Waals surface area contributed by atoms with E-state index in [1.807, 2.05) is 0 Å². The molecule has 0 radical (unpaired) electrons. The van der Waals surface area contributed by atoms with E-state index in [-0.39, 0.29) is 5.91 Å². The molecule has 4 heteroatoms. The van der Waals surface area contributed by atoms with E-state index < -0.39 is 0 Å². The van der Waals surface area contributed by atoms with E-state index in [0.29, 0.717) is 18.5 Å². The maximum atomic E-state index is 11.5. The van der Waals surface area contributed by atoms with Gasteiger partial charge in [-0.25, -0.2) is 0 Å². The first-order chi connectivity index (χ1) is 8.28. The number of piperidine rings is 1. The normalized spacial score (nSPS) is 31.9. The number of carbonyl (C=O) groups is 1. The molecule has 2 N–H and O–H groups in total. The van der Waals surface area contributed by atoms with Gasteiger partial charge in [-0.1, -0.05) is 6.92 Å².